The number of hydrogen-bond acceptors (Lipinski definition) is 4. The van der Waals surface area contributed by atoms with Gasteiger partial charge in [-0.15, -0.1) is 0 Å². The topological polar surface area (TPSA) is 50.7 Å². The molecule has 88 valence electrons. The number of ether oxygens (including phenoxy) is 2. The second-order valence-electron chi connectivity index (χ2n) is 4.04. The number of aromatic hydroxyl groups is 1. The smallest absolute Gasteiger partial charge is 0.115 e. The van der Waals surface area contributed by atoms with E-state index >= 15 is 0 Å². The predicted octanol–water partition coefficient (Wildman–Crippen LogP) is 0.854. The lowest BCUT2D eigenvalue weighted by atomic mass is 9.90. The molecule has 1 aliphatic rings. The van der Waals surface area contributed by atoms with Gasteiger partial charge in [-0.1, -0.05) is 12.1 Å². The molecule has 0 saturated carbocycles. The highest BCUT2D eigenvalue weighted by Crippen LogP contribution is 2.25. The van der Waals surface area contributed by atoms with Crippen LogP contribution in [0.2, 0.25) is 0 Å². The third kappa shape index (κ3) is 2.19. The van der Waals surface area contributed by atoms with Crippen molar-refractivity contribution in [2.75, 3.05) is 33.5 Å². The molecule has 1 atom stereocenters. The Morgan fingerprint density at radius 2 is 2.19 bits per heavy atom. The van der Waals surface area contributed by atoms with Gasteiger partial charge >= 0.3 is 0 Å². The molecule has 16 heavy (non-hydrogen) atoms. The minimum Gasteiger partial charge on any atom is -0.508 e. The van der Waals surface area contributed by atoms with Crippen LogP contribution < -0.4 is 5.32 Å². The molecular weight excluding hydrogens is 206 g/mol. The fourth-order valence-electron chi connectivity index (χ4n) is 2.05. The number of phenols is 1. The van der Waals surface area contributed by atoms with E-state index in [9.17, 15) is 5.11 Å². The lowest BCUT2D eigenvalue weighted by molar-refractivity contribution is -0.0147. The number of benzene rings is 1. The van der Waals surface area contributed by atoms with E-state index in [1.165, 1.54) is 0 Å². The van der Waals surface area contributed by atoms with Crippen molar-refractivity contribution in [3.05, 3.63) is 29.8 Å². The van der Waals surface area contributed by atoms with Crippen LogP contribution in [0.15, 0.2) is 24.3 Å². The summed E-state index contributed by atoms with van der Waals surface area (Å²) in [4.78, 5) is 0. The third-order valence-corrected chi connectivity index (χ3v) is 2.87. The first-order chi connectivity index (χ1) is 7.77. The highest BCUT2D eigenvalue weighted by atomic mass is 16.5. The van der Waals surface area contributed by atoms with E-state index < -0.39 is 0 Å². The predicted molar refractivity (Wildman–Crippen MR) is 60.5 cm³/mol. The number of rotatable bonds is 3. The van der Waals surface area contributed by atoms with Gasteiger partial charge in [-0.2, -0.15) is 0 Å². The van der Waals surface area contributed by atoms with Crippen molar-refractivity contribution >= 4 is 0 Å². The second kappa shape index (κ2) is 4.82. The van der Waals surface area contributed by atoms with Gasteiger partial charge < -0.3 is 19.9 Å². The Hall–Kier alpha value is -1.10. The molecule has 0 bridgehead atoms. The Morgan fingerprint density at radius 1 is 1.44 bits per heavy atom. The molecule has 1 fully saturated rings. The van der Waals surface area contributed by atoms with Gasteiger partial charge in [0.15, 0.2) is 0 Å². The van der Waals surface area contributed by atoms with Crippen LogP contribution in [0.5, 0.6) is 5.75 Å². The standard InChI is InChI=1S/C12H17NO3/c1-15-8-12(9-16-7-6-13-12)10-2-4-11(14)5-3-10/h2-5,13-14H,6-9H2,1H3. The van der Waals surface area contributed by atoms with Crippen molar-refractivity contribution in [2.45, 2.75) is 5.54 Å². The monoisotopic (exact) mass is 223 g/mol. The number of hydrogen-bond donors (Lipinski definition) is 2. The summed E-state index contributed by atoms with van der Waals surface area (Å²) in [5.74, 6) is 0.271. The third-order valence-electron chi connectivity index (χ3n) is 2.87. The van der Waals surface area contributed by atoms with Crippen LogP contribution in [0.25, 0.3) is 0 Å². The van der Waals surface area contributed by atoms with Crippen LogP contribution in [0.4, 0.5) is 0 Å². The maximum absolute atomic E-state index is 9.29. The summed E-state index contributed by atoms with van der Waals surface area (Å²) in [6.07, 6.45) is 0. The van der Waals surface area contributed by atoms with Crippen LogP contribution in [0, 0.1) is 0 Å². The molecule has 1 aromatic rings. The summed E-state index contributed by atoms with van der Waals surface area (Å²) in [6.45, 7) is 2.68. The molecule has 2 rings (SSSR count). The van der Waals surface area contributed by atoms with Crippen LogP contribution >= 0.6 is 0 Å². The zero-order valence-corrected chi connectivity index (χ0v) is 9.40. The van der Waals surface area contributed by atoms with Gasteiger partial charge in [-0.3, -0.25) is 0 Å². The zero-order chi connectivity index (χ0) is 11.4. The maximum atomic E-state index is 9.29. The summed E-state index contributed by atoms with van der Waals surface area (Å²) in [5.41, 5.74) is 0.785. The molecule has 0 aromatic heterocycles. The minimum absolute atomic E-state index is 0.271. The van der Waals surface area contributed by atoms with Crippen LogP contribution in [-0.4, -0.2) is 38.6 Å². The van der Waals surface area contributed by atoms with Crippen molar-refractivity contribution in [2.24, 2.45) is 0 Å². The minimum atomic E-state index is -0.291. The molecule has 0 radical (unpaired) electrons. The summed E-state index contributed by atoms with van der Waals surface area (Å²) in [5, 5.41) is 12.7. The first-order valence-corrected chi connectivity index (χ1v) is 5.38. The summed E-state index contributed by atoms with van der Waals surface area (Å²) in [7, 11) is 1.68. The Bertz CT molecular complexity index is 325. The first-order valence-electron chi connectivity index (χ1n) is 5.38. The van der Waals surface area contributed by atoms with Crippen molar-refractivity contribution in [1.82, 2.24) is 5.32 Å². The lowest BCUT2D eigenvalue weighted by Crippen LogP contribution is -2.54. The molecule has 1 unspecified atom stereocenters. The van der Waals surface area contributed by atoms with Crippen molar-refractivity contribution in [3.8, 4) is 5.75 Å². The van der Waals surface area contributed by atoms with E-state index in [-0.39, 0.29) is 11.3 Å². The Balaban J connectivity index is 2.26. The Labute approximate surface area is 95.2 Å². The largest absolute Gasteiger partial charge is 0.508 e. The van der Waals surface area contributed by atoms with Gasteiger partial charge in [-0.25, -0.2) is 0 Å². The van der Waals surface area contributed by atoms with E-state index in [4.69, 9.17) is 9.47 Å². The number of morpholine rings is 1. The number of phenolic OH excluding ortho intramolecular Hbond substituents is 1. The molecule has 0 amide bonds. The van der Waals surface area contributed by atoms with Crippen LogP contribution in [0.3, 0.4) is 0 Å². The van der Waals surface area contributed by atoms with Gasteiger partial charge in [-0.05, 0) is 17.7 Å². The van der Waals surface area contributed by atoms with E-state index in [2.05, 4.69) is 5.32 Å². The Morgan fingerprint density at radius 3 is 2.75 bits per heavy atom. The van der Waals surface area contributed by atoms with Gasteiger partial charge in [0, 0.05) is 13.7 Å². The average Bonchev–Trinajstić information content (AvgIpc) is 2.31. The summed E-state index contributed by atoms with van der Waals surface area (Å²) in [6, 6.07) is 7.16. The van der Waals surface area contributed by atoms with Crippen molar-refractivity contribution in [3.63, 3.8) is 0 Å². The quantitative estimate of drug-likeness (QED) is 0.797. The normalized spacial score (nSPS) is 25.6. The highest BCUT2D eigenvalue weighted by Gasteiger charge is 2.34. The Kier molecular flexibility index (Phi) is 3.43. The zero-order valence-electron chi connectivity index (χ0n) is 9.40. The van der Waals surface area contributed by atoms with Crippen molar-refractivity contribution in [1.29, 1.82) is 0 Å². The number of methoxy groups -OCH3 is 1. The van der Waals surface area contributed by atoms with Gasteiger partial charge in [0.2, 0.25) is 0 Å². The average molecular weight is 223 g/mol. The fraction of sp³-hybridized carbons (Fsp3) is 0.500. The van der Waals surface area contributed by atoms with E-state index in [1.807, 2.05) is 12.1 Å². The lowest BCUT2D eigenvalue weighted by Gasteiger charge is -2.38. The van der Waals surface area contributed by atoms with Gasteiger partial charge in [0.25, 0.3) is 0 Å². The van der Waals surface area contributed by atoms with E-state index in [1.54, 1.807) is 19.2 Å². The fourth-order valence-corrected chi connectivity index (χ4v) is 2.05. The van der Waals surface area contributed by atoms with E-state index in [0.29, 0.717) is 13.2 Å². The summed E-state index contributed by atoms with van der Waals surface area (Å²) >= 11 is 0. The first kappa shape index (κ1) is 11.4. The number of nitrogens with one attached hydrogen (secondary N) is 1. The summed E-state index contributed by atoms with van der Waals surface area (Å²) < 4.78 is 10.8. The van der Waals surface area contributed by atoms with Crippen molar-refractivity contribution < 1.29 is 14.6 Å². The molecular formula is C12H17NO3. The van der Waals surface area contributed by atoms with Gasteiger partial charge in [0.1, 0.15) is 5.75 Å². The molecule has 0 aliphatic carbocycles. The molecule has 1 aliphatic heterocycles. The molecule has 0 spiro atoms. The molecule has 4 nitrogen and oxygen atoms in total. The van der Waals surface area contributed by atoms with Gasteiger partial charge in [0.05, 0.1) is 25.4 Å². The van der Waals surface area contributed by atoms with Crippen LogP contribution in [0.1, 0.15) is 5.56 Å². The molecule has 4 heteroatoms. The SMILES string of the molecule is COCC1(c2ccc(O)cc2)COCCN1. The molecule has 1 saturated heterocycles. The highest BCUT2D eigenvalue weighted by molar-refractivity contribution is 5.31. The van der Waals surface area contributed by atoms with Crippen LogP contribution in [-0.2, 0) is 15.0 Å². The molecule has 1 heterocycles. The maximum Gasteiger partial charge on any atom is 0.115 e. The molecule has 1 aromatic carbocycles. The second-order valence-corrected chi connectivity index (χ2v) is 4.04. The van der Waals surface area contributed by atoms with E-state index in [0.717, 1.165) is 18.7 Å². The molecule has 2 N–H and O–H groups in total.